The second-order valence-corrected chi connectivity index (χ2v) is 16.6. The summed E-state index contributed by atoms with van der Waals surface area (Å²) in [6, 6.07) is 32.0. The second-order valence-electron chi connectivity index (χ2n) is 16.6. The average Bonchev–Trinajstić information content (AvgIpc) is 3.35. The zero-order chi connectivity index (χ0) is 35.7. The topological polar surface area (TPSA) is 4.93 Å². The molecule has 0 saturated heterocycles. The molecule has 0 unspecified atom stereocenters. The van der Waals surface area contributed by atoms with Crippen LogP contribution in [0, 0.1) is 0 Å². The van der Waals surface area contributed by atoms with Gasteiger partial charge < -0.3 is 4.57 Å². The van der Waals surface area contributed by atoms with Crippen molar-refractivity contribution >= 4 is 21.8 Å². The summed E-state index contributed by atoms with van der Waals surface area (Å²) in [7, 11) is 0. The smallest absolute Gasteiger partial charge is 0.309 e. The van der Waals surface area contributed by atoms with E-state index in [2.05, 4.69) is 130 Å². The lowest BCUT2D eigenvalue weighted by Gasteiger charge is -2.26. The van der Waals surface area contributed by atoms with Crippen molar-refractivity contribution in [3.05, 3.63) is 125 Å². The lowest BCUT2D eigenvalue weighted by atomic mass is 9.79. The molecule has 0 spiro atoms. The molecule has 0 N–H and O–H groups in total. The average molecular weight is 660 g/mol. The molecule has 0 aliphatic heterocycles. The van der Waals surface area contributed by atoms with Gasteiger partial charge in [-0.1, -0.05) is 130 Å². The van der Waals surface area contributed by atoms with Crippen LogP contribution in [0.15, 0.2) is 97.1 Å². The summed E-state index contributed by atoms with van der Waals surface area (Å²) in [5.41, 5.74) is 10.2. The van der Waals surface area contributed by atoms with E-state index in [1.54, 1.807) is 16.7 Å². The zero-order valence-electron chi connectivity index (χ0n) is 30.5. The number of nitrogens with zero attached hydrogens (tertiary/aromatic N) is 1. The molecule has 1 aromatic heterocycles. The Hall–Kier alpha value is -4.31. The van der Waals surface area contributed by atoms with Crippen LogP contribution in [0.1, 0.15) is 97.1 Å². The Morgan fingerprint density at radius 3 is 1.39 bits per heavy atom. The number of rotatable bonds is 4. The highest BCUT2D eigenvalue weighted by Crippen LogP contribution is 2.42. The van der Waals surface area contributed by atoms with E-state index in [4.69, 9.17) is 0 Å². The van der Waals surface area contributed by atoms with Gasteiger partial charge in [0.2, 0.25) is 0 Å². The first kappa shape index (κ1) is 34.5. The first-order valence-corrected chi connectivity index (χ1v) is 17.3. The van der Waals surface area contributed by atoms with Gasteiger partial charge in [-0.15, -0.1) is 0 Å². The van der Waals surface area contributed by atoms with E-state index in [0.717, 1.165) is 50.5 Å². The maximum atomic E-state index is 14.5. The Morgan fingerprint density at radius 1 is 0.490 bits per heavy atom. The van der Waals surface area contributed by atoms with E-state index in [1.165, 1.54) is 34.4 Å². The van der Waals surface area contributed by atoms with Crippen LogP contribution in [0.25, 0.3) is 49.7 Å². The molecule has 0 saturated carbocycles. The minimum absolute atomic E-state index is 0.0240. The molecule has 6 rings (SSSR count). The number of aromatic nitrogens is 1. The highest BCUT2D eigenvalue weighted by Gasteiger charge is 2.34. The summed E-state index contributed by atoms with van der Waals surface area (Å²) in [4.78, 5) is 0. The molecule has 49 heavy (non-hydrogen) atoms. The molecule has 1 heterocycles. The Morgan fingerprint density at radius 2 is 0.939 bits per heavy atom. The second kappa shape index (κ2) is 11.9. The van der Waals surface area contributed by atoms with Crippen LogP contribution in [-0.2, 0) is 28.8 Å². The predicted molar refractivity (Wildman–Crippen MR) is 202 cm³/mol. The quantitative estimate of drug-likeness (QED) is 0.177. The van der Waals surface area contributed by atoms with Gasteiger partial charge in [-0.3, -0.25) is 0 Å². The molecule has 0 aliphatic rings. The van der Waals surface area contributed by atoms with Gasteiger partial charge in [-0.25, -0.2) is 0 Å². The molecule has 5 aromatic carbocycles. The number of aryl methyl sites for hydroxylation is 1. The molecule has 254 valence electrons. The Kier molecular flexibility index (Phi) is 8.41. The van der Waals surface area contributed by atoms with E-state index in [-0.39, 0.29) is 21.9 Å². The zero-order valence-corrected chi connectivity index (χ0v) is 30.5. The number of alkyl halides is 3. The number of hydrogen-bond donors (Lipinski definition) is 0. The van der Waals surface area contributed by atoms with Gasteiger partial charge in [0.25, 0.3) is 0 Å². The molecule has 0 aliphatic carbocycles. The summed E-state index contributed by atoms with van der Waals surface area (Å²) in [5.74, 6) is 0. The minimum Gasteiger partial charge on any atom is -0.309 e. The fourth-order valence-corrected chi connectivity index (χ4v) is 6.71. The molecule has 0 bridgehead atoms. The van der Waals surface area contributed by atoms with Crippen LogP contribution in [0.2, 0.25) is 0 Å². The van der Waals surface area contributed by atoms with Gasteiger partial charge in [0, 0.05) is 10.8 Å². The van der Waals surface area contributed by atoms with Crippen molar-refractivity contribution in [2.45, 2.75) is 98.1 Å². The minimum atomic E-state index is -4.50. The summed E-state index contributed by atoms with van der Waals surface area (Å²) >= 11 is 0. The lowest BCUT2D eigenvalue weighted by molar-refractivity contribution is -0.137. The molecule has 4 heteroatoms. The molecular weight excluding hydrogens is 611 g/mol. The van der Waals surface area contributed by atoms with E-state index in [0.29, 0.717) is 0 Å². The molecule has 0 atom stereocenters. The monoisotopic (exact) mass is 659 g/mol. The summed E-state index contributed by atoms with van der Waals surface area (Å²) in [5, 5.41) is 1.85. The van der Waals surface area contributed by atoms with Crippen LogP contribution in [0.3, 0.4) is 0 Å². The normalized spacial score (nSPS) is 13.1. The van der Waals surface area contributed by atoms with Crippen LogP contribution in [0.4, 0.5) is 13.2 Å². The van der Waals surface area contributed by atoms with E-state index < -0.39 is 11.7 Å². The van der Waals surface area contributed by atoms with Crippen molar-refractivity contribution in [3.63, 3.8) is 0 Å². The molecule has 1 nitrogen and oxygen atoms in total. The van der Waals surface area contributed by atoms with Crippen molar-refractivity contribution in [1.82, 2.24) is 4.57 Å². The Labute approximate surface area is 289 Å². The van der Waals surface area contributed by atoms with Crippen LogP contribution in [0.5, 0.6) is 0 Å². The predicted octanol–water partition coefficient (Wildman–Crippen LogP) is 13.6. The molecule has 6 aromatic rings. The van der Waals surface area contributed by atoms with Crippen molar-refractivity contribution in [1.29, 1.82) is 0 Å². The van der Waals surface area contributed by atoms with E-state index >= 15 is 0 Å². The fourth-order valence-electron chi connectivity index (χ4n) is 6.71. The highest BCUT2D eigenvalue weighted by atomic mass is 19.4. The Bertz CT molecular complexity index is 2160. The SMILES string of the molecule is CCc1cc(-c2ccc3c(c2)c2cc(-c4cc(C(C)(C)C)cc(C(C)(C)C)c4)ccc2n3-c2ccccc2C(F)(F)F)cc(C(C)(C)C)c1. The van der Waals surface area contributed by atoms with Gasteiger partial charge >= 0.3 is 6.18 Å². The van der Waals surface area contributed by atoms with Crippen LogP contribution >= 0.6 is 0 Å². The number of benzene rings is 5. The van der Waals surface area contributed by atoms with Crippen molar-refractivity contribution in [3.8, 4) is 27.9 Å². The van der Waals surface area contributed by atoms with Crippen LogP contribution < -0.4 is 0 Å². The first-order chi connectivity index (χ1) is 22.8. The third kappa shape index (κ3) is 6.67. The number of halogens is 3. The standard InChI is InChI=1S/C45H48F3N/c1-11-28-20-31(22-33(21-28)42(2,3)4)29-16-18-39-36(25-29)37-26-30(32-23-34(43(5,6)7)27-35(24-32)44(8,9)10)17-19-40(37)49(39)41-15-13-12-14-38(41)45(46,47)48/h12-27H,11H2,1-10H3. The summed E-state index contributed by atoms with van der Waals surface area (Å²) < 4.78 is 45.2. The fraction of sp³-hybridized carbons (Fsp3) is 0.333. The third-order valence-corrected chi connectivity index (χ3v) is 9.81. The van der Waals surface area contributed by atoms with Crippen LogP contribution in [-0.4, -0.2) is 4.57 Å². The number of fused-ring (bicyclic) bond motifs is 3. The highest BCUT2D eigenvalue weighted by molar-refractivity contribution is 6.11. The molecule has 0 fully saturated rings. The summed E-state index contributed by atoms with van der Waals surface area (Å²) in [6.07, 6.45) is -3.58. The van der Waals surface area contributed by atoms with Gasteiger partial charge in [-0.05, 0) is 104 Å². The first-order valence-electron chi connectivity index (χ1n) is 17.3. The van der Waals surface area contributed by atoms with Gasteiger partial charge in [0.05, 0.1) is 22.3 Å². The maximum Gasteiger partial charge on any atom is 0.418 e. The summed E-state index contributed by atoms with van der Waals surface area (Å²) in [6.45, 7) is 22.2. The van der Waals surface area contributed by atoms with Gasteiger partial charge in [0.15, 0.2) is 0 Å². The molecular formula is C45H48F3N. The van der Waals surface area contributed by atoms with Gasteiger partial charge in [0.1, 0.15) is 0 Å². The van der Waals surface area contributed by atoms with E-state index in [9.17, 15) is 13.2 Å². The van der Waals surface area contributed by atoms with Crippen molar-refractivity contribution < 1.29 is 13.2 Å². The largest absolute Gasteiger partial charge is 0.418 e. The Balaban J connectivity index is 1.68. The molecule has 0 amide bonds. The molecule has 0 radical (unpaired) electrons. The third-order valence-electron chi connectivity index (χ3n) is 9.81. The van der Waals surface area contributed by atoms with E-state index in [1.807, 2.05) is 12.1 Å². The lowest BCUT2D eigenvalue weighted by Crippen LogP contribution is -2.16. The number of para-hydroxylation sites is 1. The van der Waals surface area contributed by atoms with Crippen molar-refractivity contribution in [2.24, 2.45) is 0 Å². The van der Waals surface area contributed by atoms with Gasteiger partial charge in [-0.2, -0.15) is 13.2 Å². The number of hydrogen-bond acceptors (Lipinski definition) is 0. The maximum absolute atomic E-state index is 14.5. The van der Waals surface area contributed by atoms with Crippen molar-refractivity contribution in [2.75, 3.05) is 0 Å².